The van der Waals surface area contributed by atoms with E-state index in [9.17, 15) is 4.79 Å². The number of nitrogens with zero attached hydrogens (tertiary/aromatic N) is 1. The summed E-state index contributed by atoms with van der Waals surface area (Å²) in [5.41, 5.74) is 5.90. The number of nitrogens with one attached hydrogen (secondary N) is 1. The Kier molecular flexibility index (Phi) is 6.27. The topological polar surface area (TPSA) is 58.4 Å². The molecule has 4 heteroatoms. The average Bonchev–Trinajstić information content (AvgIpc) is 2.34. The molecular weight excluding hydrogens is 238 g/mol. The number of hydrogen-bond donors (Lipinski definition) is 2. The highest BCUT2D eigenvalue weighted by atomic mass is 16.1. The van der Waals surface area contributed by atoms with Crippen LogP contribution in [0.3, 0.4) is 0 Å². The van der Waals surface area contributed by atoms with E-state index >= 15 is 0 Å². The van der Waals surface area contributed by atoms with E-state index in [1.54, 1.807) is 0 Å². The van der Waals surface area contributed by atoms with Crippen LogP contribution < -0.4 is 11.1 Å². The summed E-state index contributed by atoms with van der Waals surface area (Å²) in [7, 11) is 4.13. The van der Waals surface area contributed by atoms with Crippen LogP contribution in [0.1, 0.15) is 39.5 Å². The van der Waals surface area contributed by atoms with E-state index in [4.69, 9.17) is 5.73 Å². The lowest BCUT2D eigenvalue weighted by Gasteiger charge is -2.32. The fourth-order valence-corrected chi connectivity index (χ4v) is 3.20. The zero-order valence-electron chi connectivity index (χ0n) is 13.0. The van der Waals surface area contributed by atoms with Crippen LogP contribution in [0.2, 0.25) is 0 Å². The molecule has 1 amide bonds. The van der Waals surface area contributed by atoms with E-state index in [0.29, 0.717) is 12.5 Å². The van der Waals surface area contributed by atoms with Crippen LogP contribution in [0.5, 0.6) is 0 Å². The molecule has 1 aliphatic rings. The molecule has 2 atom stereocenters. The van der Waals surface area contributed by atoms with Gasteiger partial charge in [0.05, 0.1) is 0 Å². The van der Waals surface area contributed by atoms with Crippen molar-refractivity contribution in [1.82, 2.24) is 10.2 Å². The monoisotopic (exact) mass is 269 g/mol. The Labute approximate surface area is 118 Å². The number of nitrogens with two attached hydrogens (primary N) is 1. The van der Waals surface area contributed by atoms with Gasteiger partial charge < -0.3 is 16.0 Å². The molecular formula is C15H31N3O. The largest absolute Gasteiger partial charge is 0.355 e. The second kappa shape index (κ2) is 7.25. The van der Waals surface area contributed by atoms with E-state index in [-0.39, 0.29) is 17.2 Å². The van der Waals surface area contributed by atoms with Crippen molar-refractivity contribution in [2.45, 2.75) is 39.5 Å². The van der Waals surface area contributed by atoms with Gasteiger partial charge in [-0.25, -0.2) is 0 Å². The van der Waals surface area contributed by atoms with E-state index in [0.717, 1.165) is 32.4 Å². The van der Waals surface area contributed by atoms with Crippen LogP contribution >= 0.6 is 0 Å². The number of carbonyl (C=O) groups excluding carboxylic acids is 1. The van der Waals surface area contributed by atoms with Gasteiger partial charge in [0.2, 0.25) is 5.91 Å². The summed E-state index contributed by atoms with van der Waals surface area (Å²) in [6.07, 6.45) is 4.49. The summed E-state index contributed by atoms with van der Waals surface area (Å²) in [5.74, 6) is 0.724. The molecule has 0 bridgehead atoms. The first-order valence-corrected chi connectivity index (χ1v) is 7.48. The van der Waals surface area contributed by atoms with Crippen molar-refractivity contribution in [3.8, 4) is 0 Å². The molecule has 4 nitrogen and oxygen atoms in total. The Morgan fingerprint density at radius 1 is 1.32 bits per heavy atom. The summed E-state index contributed by atoms with van der Waals surface area (Å²) in [6.45, 7) is 6.72. The fraction of sp³-hybridized carbons (Fsp3) is 0.933. The van der Waals surface area contributed by atoms with Crippen LogP contribution in [0.15, 0.2) is 0 Å². The molecule has 0 aromatic carbocycles. The maximum Gasteiger partial charge on any atom is 0.223 e. The molecule has 0 aromatic rings. The molecule has 2 unspecified atom stereocenters. The zero-order chi connectivity index (χ0) is 14.5. The van der Waals surface area contributed by atoms with Gasteiger partial charge in [0.1, 0.15) is 0 Å². The highest BCUT2D eigenvalue weighted by Gasteiger charge is 2.30. The predicted octanol–water partition coefficient (Wildman–Crippen LogP) is 1.46. The number of amides is 1. The third-order valence-electron chi connectivity index (χ3n) is 4.03. The van der Waals surface area contributed by atoms with Gasteiger partial charge in [0.15, 0.2) is 0 Å². The molecule has 1 fully saturated rings. The number of hydrogen-bond acceptors (Lipinski definition) is 3. The van der Waals surface area contributed by atoms with Crippen molar-refractivity contribution < 1.29 is 4.79 Å². The third kappa shape index (κ3) is 5.49. The Bertz CT molecular complexity index is 289. The highest BCUT2D eigenvalue weighted by molar-refractivity contribution is 5.79. The molecule has 0 aliphatic heterocycles. The minimum absolute atomic E-state index is 0.103. The Balaban J connectivity index is 2.45. The smallest absolute Gasteiger partial charge is 0.223 e. The molecule has 19 heavy (non-hydrogen) atoms. The zero-order valence-corrected chi connectivity index (χ0v) is 13.0. The predicted molar refractivity (Wildman–Crippen MR) is 79.8 cm³/mol. The summed E-state index contributed by atoms with van der Waals surface area (Å²) >= 11 is 0. The second-order valence-electron chi connectivity index (χ2n) is 7.01. The van der Waals surface area contributed by atoms with Crippen molar-refractivity contribution in [2.24, 2.45) is 23.0 Å². The van der Waals surface area contributed by atoms with Gasteiger partial charge in [0, 0.05) is 19.0 Å². The van der Waals surface area contributed by atoms with Crippen LogP contribution in [0, 0.1) is 17.3 Å². The van der Waals surface area contributed by atoms with Gasteiger partial charge >= 0.3 is 0 Å². The molecule has 1 saturated carbocycles. The normalized spacial score (nSPS) is 24.5. The van der Waals surface area contributed by atoms with Gasteiger partial charge in [0.25, 0.3) is 0 Å². The molecule has 112 valence electrons. The molecule has 1 aliphatic carbocycles. The van der Waals surface area contributed by atoms with E-state index in [1.165, 1.54) is 6.42 Å². The van der Waals surface area contributed by atoms with Crippen LogP contribution in [-0.4, -0.2) is 44.5 Å². The first-order chi connectivity index (χ1) is 8.85. The van der Waals surface area contributed by atoms with Crippen molar-refractivity contribution >= 4 is 5.91 Å². The third-order valence-corrected chi connectivity index (χ3v) is 4.03. The quantitative estimate of drug-likeness (QED) is 0.767. The van der Waals surface area contributed by atoms with Gasteiger partial charge in [-0.3, -0.25) is 4.79 Å². The molecule has 1 rings (SSSR count). The molecule has 0 radical (unpaired) electrons. The minimum Gasteiger partial charge on any atom is -0.355 e. The van der Waals surface area contributed by atoms with Crippen molar-refractivity contribution in [3.05, 3.63) is 0 Å². The van der Waals surface area contributed by atoms with Gasteiger partial charge in [-0.05, 0) is 44.8 Å². The molecule has 0 aromatic heterocycles. The lowest BCUT2D eigenvalue weighted by atomic mass is 9.78. The van der Waals surface area contributed by atoms with E-state index < -0.39 is 0 Å². The van der Waals surface area contributed by atoms with Crippen molar-refractivity contribution in [1.29, 1.82) is 0 Å². The first-order valence-electron chi connectivity index (χ1n) is 7.48. The summed E-state index contributed by atoms with van der Waals surface area (Å²) < 4.78 is 0. The summed E-state index contributed by atoms with van der Waals surface area (Å²) in [6, 6.07) is 0. The van der Waals surface area contributed by atoms with Crippen molar-refractivity contribution in [2.75, 3.05) is 33.7 Å². The van der Waals surface area contributed by atoms with Gasteiger partial charge in [-0.1, -0.05) is 26.7 Å². The first kappa shape index (κ1) is 16.4. The van der Waals surface area contributed by atoms with Gasteiger partial charge in [-0.15, -0.1) is 0 Å². The maximum atomic E-state index is 12.3. The van der Waals surface area contributed by atoms with E-state index in [2.05, 4.69) is 38.2 Å². The second-order valence-corrected chi connectivity index (χ2v) is 7.01. The summed E-state index contributed by atoms with van der Waals surface area (Å²) in [5, 5.41) is 3.14. The fourth-order valence-electron chi connectivity index (χ4n) is 3.20. The molecule has 0 heterocycles. The molecule has 0 spiro atoms. The lowest BCUT2D eigenvalue weighted by Crippen LogP contribution is -2.45. The molecule has 0 saturated heterocycles. The minimum atomic E-state index is 0.103. The number of carbonyl (C=O) groups is 1. The lowest BCUT2D eigenvalue weighted by molar-refractivity contribution is -0.128. The average molecular weight is 269 g/mol. The van der Waals surface area contributed by atoms with E-state index in [1.807, 2.05) is 0 Å². The standard InChI is InChI=1S/C15H31N3O/c1-15(2,11-18(3)4)10-17-14(19)13-8-6-5-7-12(13)9-16/h12-13H,5-11,16H2,1-4H3,(H,17,19). The van der Waals surface area contributed by atoms with Crippen LogP contribution in [-0.2, 0) is 4.79 Å². The maximum absolute atomic E-state index is 12.3. The molecule has 3 N–H and O–H groups in total. The van der Waals surface area contributed by atoms with Gasteiger partial charge in [-0.2, -0.15) is 0 Å². The van der Waals surface area contributed by atoms with Crippen LogP contribution in [0.4, 0.5) is 0 Å². The highest BCUT2D eigenvalue weighted by Crippen LogP contribution is 2.29. The SMILES string of the molecule is CN(C)CC(C)(C)CNC(=O)C1CCCCC1CN. The summed E-state index contributed by atoms with van der Waals surface area (Å²) in [4.78, 5) is 14.5. The van der Waals surface area contributed by atoms with Crippen LogP contribution in [0.25, 0.3) is 0 Å². The number of rotatable bonds is 6. The Hall–Kier alpha value is -0.610. The Morgan fingerprint density at radius 2 is 1.95 bits per heavy atom. The Morgan fingerprint density at radius 3 is 2.53 bits per heavy atom. The van der Waals surface area contributed by atoms with Crippen molar-refractivity contribution in [3.63, 3.8) is 0 Å².